The number of hydrogen-bond acceptors (Lipinski definition) is 3. The molecule has 4 nitrogen and oxygen atoms in total. The lowest BCUT2D eigenvalue weighted by atomic mass is 9.81. The van der Waals surface area contributed by atoms with E-state index in [-0.39, 0.29) is 5.92 Å². The highest BCUT2D eigenvalue weighted by molar-refractivity contribution is 5.79. The Bertz CT molecular complexity index is 313. The minimum Gasteiger partial charge on any atom is -0.338 e. The molecule has 1 heterocycles. The van der Waals surface area contributed by atoms with Crippen LogP contribution in [0, 0.1) is 11.8 Å². The standard InChI is InChI=1S/C16H31N3O/c1-3-15-12-18(2)9-4-10-19(15)16(20)14-7-5-13(11-17)6-8-14/h13-15H,3-12,17H2,1-2H3. The maximum atomic E-state index is 12.9. The van der Waals surface area contributed by atoms with Gasteiger partial charge in [0.2, 0.25) is 5.91 Å². The SMILES string of the molecule is CCC1CN(C)CCCN1C(=O)C1CCC(CN)CC1. The first kappa shape index (κ1) is 15.8. The number of hydrogen-bond donors (Lipinski definition) is 1. The number of carbonyl (C=O) groups excluding carboxylic acids is 1. The third kappa shape index (κ3) is 3.73. The van der Waals surface area contributed by atoms with Crippen LogP contribution in [0.5, 0.6) is 0 Å². The lowest BCUT2D eigenvalue weighted by Crippen LogP contribution is -2.46. The zero-order chi connectivity index (χ0) is 14.5. The summed E-state index contributed by atoms with van der Waals surface area (Å²) in [6, 6.07) is 0.405. The molecule has 0 spiro atoms. The normalized spacial score (nSPS) is 33.0. The van der Waals surface area contributed by atoms with Crippen molar-refractivity contribution in [3.8, 4) is 0 Å². The molecule has 116 valence electrons. The van der Waals surface area contributed by atoms with Gasteiger partial charge in [-0.15, -0.1) is 0 Å². The van der Waals surface area contributed by atoms with E-state index in [0.717, 1.165) is 64.7 Å². The highest BCUT2D eigenvalue weighted by Crippen LogP contribution is 2.30. The van der Waals surface area contributed by atoms with Gasteiger partial charge in [0, 0.05) is 25.0 Å². The molecule has 20 heavy (non-hydrogen) atoms. The summed E-state index contributed by atoms with van der Waals surface area (Å²) in [6.45, 7) is 6.07. The van der Waals surface area contributed by atoms with Gasteiger partial charge in [0.15, 0.2) is 0 Å². The second-order valence-electron chi connectivity index (χ2n) is 6.66. The molecule has 1 aliphatic carbocycles. The number of rotatable bonds is 3. The molecule has 1 saturated heterocycles. The predicted molar refractivity (Wildman–Crippen MR) is 82.4 cm³/mol. The Morgan fingerprint density at radius 3 is 2.50 bits per heavy atom. The zero-order valence-corrected chi connectivity index (χ0v) is 13.2. The molecule has 1 saturated carbocycles. The monoisotopic (exact) mass is 281 g/mol. The van der Waals surface area contributed by atoms with Gasteiger partial charge in [-0.2, -0.15) is 0 Å². The van der Waals surface area contributed by atoms with E-state index in [4.69, 9.17) is 5.73 Å². The Morgan fingerprint density at radius 2 is 1.90 bits per heavy atom. The third-order valence-electron chi connectivity index (χ3n) is 5.19. The van der Waals surface area contributed by atoms with Gasteiger partial charge in [-0.1, -0.05) is 6.92 Å². The molecule has 0 aromatic rings. The number of carbonyl (C=O) groups is 1. The van der Waals surface area contributed by atoms with E-state index in [0.29, 0.717) is 17.9 Å². The molecule has 1 aliphatic heterocycles. The number of likely N-dealkylation sites (N-methyl/N-ethyl adjacent to an activating group) is 1. The zero-order valence-electron chi connectivity index (χ0n) is 13.2. The molecule has 2 N–H and O–H groups in total. The first-order valence-corrected chi connectivity index (χ1v) is 8.34. The fraction of sp³-hybridized carbons (Fsp3) is 0.938. The molecule has 2 aliphatic rings. The summed E-state index contributed by atoms with van der Waals surface area (Å²) in [5.74, 6) is 1.33. The smallest absolute Gasteiger partial charge is 0.225 e. The minimum absolute atomic E-state index is 0.259. The Balaban J connectivity index is 1.96. The lowest BCUT2D eigenvalue weighted by molar-refractivity contribution is -0.139. The molecule has 1 amide bonds. The van der Waals surface area contributed by atoms with E-state index in [9.17, 15) is 4.79 Å². The van der Waals surface area contributed by atoms with E-state index < -0.39 is 0 Å². The number of nitrogens with zero attached hydrogens (tertiary/aromatic N) is 2. The van der Waals surface area contributed by atoms with E-state index in [1.54, 1.807) is 0 Å². The van der Waals surface area contributed by atoms with Crippen molar-refractivity contribution in [3.05, 3.63) is 0 Å². The van der Waals surface area contributed by atoms with Crippen molar-refractivity contribution in [2.75, 3.05) is 33.2 Å². The molecule has 4 heteroatoms. The highest BCUT2D eigenvalue weighted by Gasteiger charge is 2.33. The Labute approximate surface area is 123 Å². The maximum absolute atomic E-state index is 12.9. The van der Waals surface area contributed by atoms with Gasteiger partial charge in [-0.3, -0.25) is 4.79 Å². The lowest BCUT2D eigenvalue weighted by Gasteiger charge is -2.35. The fourth-order valence-corrected chi connectivity index (χ4v) is 3.76. The van der Waals surface area contributed by atoms with Crippen LogP contribution in [0.25, 0.3) is 0 Å². The van der Waals surface area contributed by atoms with Crippen molar-refractivity contribution in [1.29, 1.82) is 0 Å². The minimum atomic E-state index is 0.259. The number of nitrogens with two attached hydrogens (primary N) is 1. The van der Waals surface area contributed by atoms with Crippen LogP contribution < -0.4 is 5.73 Å². The van der Waals surface area contributed by atoms with Crippen molar-refractivity contribution >= 4 is 5.91 Å². The Kier molecular flexibility index (Phi) is 5.85. The summed E-state index contributed by atoms with van der Waals surface area (Å²) in [4.78, 5) is 17.4. The van der Waals surface area contributed by atoms with Gasteiger partial charge < -0.3 is 15.5 Å². The van der Waals surface area contributed by atoms with Crippen molar-refractivity contribution in [2.45, 2.75) is 51.5 Å². The second kappa shape index (κ2) is 7.41. The molecule has 1 atom stereocenters. The molecule has 2 rings (SSSR count). The molecule has 0 aromatic carbocycles. The fourth-order valence-electron chi connectivity index (χ4n) is 3.76. The van der Waals surface area contributed by atoms with Crippen molar-refractivity contribution in [3.63, 3.8) is 0 Å². The summed E-state index contributed by atoms with van der Waals surface area (Å²) in [5.41, 5.74) is 5.75. The van der Waals surface area contributed by atoms with Crippen LogP contribution in [0.15, 0.2) is 0 Å². The van der Waals surface area contributed by atoms with Crippen LogP contribution in [0.1, 0.15) is 45.4 Å². The van der Waals surface area contributed by atoms with E-state index in [1.165, 1.54) is 0 Å². The Hall–Kier alpha value is -0.610. The van der Waals surface area contributed by atoms with Gasteiger partial charge in [-0.25, -0.2) is 0 Å². The van der Waals surface area contributed by atoms with E-state index >= 15 is 0 Å². The van der Waals surface area contributed by atoms with E-state index in [2.05, 4.69) is 23.8 Å². The number of amides is 1. The van der Waals surface area contributed by atoms with Gasteiger partial charge in [0.05, 0.1) is 0 Å². The van der Waals surface area contributed by atoms with Crippen LogP contribution >= 0.6 is 0 Å². The third-order valence-corrected chi connectivity index (χ3v) is 5.19. The molecule has 1 unspecified atom stereocenters. The average molecular weight is 281 g/mol. The molecule has 0 aromatic heterocycles. The summed E-state index contributed by atoms with van der Waals surface area (Å²) < 4.78 is 0. The summed E-state index contributed by atoms with van der Waals surface area (Å²) in [6.07, 6.45) is 6.53. The van der Waals surface area contributed by atoms with Crippen molar-refractivity contribution in [1.82, 2.24) is 9.80 Å². The predicted octanol–water partition coefficient (Wildman–Crippen LogP) is 1.69. The van der Waals surface area contributed by atoms with Crippen LogP contribution in [0.4, 0.5) is 0 Å². The topological polar surface area (TPSA) is 49.6 Å². The molecule has 0 bridgehead atoms. The maximum Gasteiger partial charge on any atom is 0.225 e. The highest BCUT2D eigenvalue weighted by atomic mass is 16.2. The van der Waals surface area contributed by atoms with Crippen LogP contribution in [-0.4, -0.2) is 55.0 Å². The Morgan fingerprint density at radius 1 is 1.20 bits per heavy atom. The molecule has 2 fully saturated rings. The van der Waals surface area contributed by atoms with Crippen LogP contribution in [0.3, 0.4) is 0 Å². The quantitative estimate of drug-likeness (QED) is 0.856. The largest absolute Gasteiger partial charge is 0.338 e. The molecular formula is C16H31N3O. The van der Waals surface area contributed by atoms with Crippen molar-refractivity contribution < 1.29 is 4.79 Å². The summed E-state index contributed by atoms with van der Waals surface area (Å²) in [7, 11) is 2.17. The first-order chi connectivity index (χ1) is 9.65. The van der Waals surface area contributed by atoms with Crippen LogP contribution in [0.2, 0.25) is 0 Å². The summed E-state index contributed by atoms with van der Waals surface area (Å²) >= 11 is 0. The van der Waals surface area contributed by atoms with Crippen molar-refractivity contribution in [2.24, 2.45) is 17.6 Å². The van der Waals surface area contributed by atoms with Gasteiger partial charge in [-0.05, 0) is 64.6 Å². The average Bonchev–Trinajstić information content (AvgIpc) is 2.67. The second-order valence-corrected chi connectivity index (χ2v) is 6.66. The van der Waals surface area contributed by atoms with Gasteiger partial charge in [0.1, 0.15) is 0 Å². The molecule has 0 radical (unpaired) electrons. The summed E-state index contributed by atoms with van der Waals surface area (Å²) in [5, 5.41) is 0. The first-order valence-electron chi connectivity index (χ1n) is 8.34. The van der Waals surface area contributed by atoms with Gasteiger partial charge >= 0.3 is 0 Å². The van der Waals surface area contributed by atoms with Gasteiger partial charge in [0.25, 0.3) is 0 Å². The molecular weight excluding hydrogens is 250 g/mol. The van der Waals surface area contributed by atoms with E-state index in [1.807, 2.05) is 0 Å². The van der Waals surface area contributed by atoms with Crippen LogP contribution in [-0.2, 0) is 4.79 Å².